The Kier molecular flexibility index (Phi) is 17.8. The molecule has 0 amide bonds. The fourth-order valence-electron chi connectivity index (χ4n) is 17.6. The summed E-state index contributed by atoms with van der Waals surface area (Å²) in [5.41, 5.74) is 27.1. The van der Waals surface area contributed by atoms with Gasteiger partial charge in [0.25, 0.3) is 0 Å². The Balaban J connectivity index is 0.000000106. The van der Waals surface area contributed by atoms with Gasteiger partial charge in [-0.3, -0.25) is 0 Å². The predicted molar refractivity (Wildman–Crippen MR) is 511 cm³/mol. The number of halogens is 3. The third kappa shape index (κ3) is 12.3. The first-order valence-electron chi connectivity index (χ1n) is 39.2. The summed E-state index contributed by atoms with van der Waals surface area (Å²) in [5, 5.41) is 15.1. The zero-order valence-electron chi connectivity index (χ0n) is 62.8. The number of aromatic nitrogens is 3. The van der Waals surface area contributed by atoms with Gasteiger partial charge in [0.15, 0.2) is 0 Å². The van der Waals surface area contributed by atoms with Crippen LogP contribution in [0.2, 0.25) is 0 Å². The van der Waals surface area contributed by atoms with Gasteiger partial charge in [0.2, 0.25) is 0 Å². The smallest absolute Gasteiger partial charge is 0.137 e. The summed E-state index contributed by atoms with van der Waals surface area (Å²) in [6.07, 6.45) is 0. The van der Waals surface area contributed by atoms with Crippen molar-refractivity contribution in [1.82, 2.24) is 13.7 Å². The van der Waals surface area contributed by atoms with Crippen LogP contribution in [0.3, 0.4) is 0 Å². The molecule has 0 saturated heterocycles. The second-order valence-corrected chi connectivity index (χ2v) is 34.4. The number of furan rings is 1. The number of benzene rings is 18. The van der Waals surface area contributed by atoms with Gasteiger partial charge in [-0.05, 0) is 188 Å². The number of hydrogen-bond donors (Lipinski definition) is 0. The van der Waals surface area contributed by atoms with Gasteiger partial charge in [-0.2, -0.15) is 0 Å². The fourth-order valence-corrected chi connectivity index (χ4v) is 21.5. The van der Waals surface area contributed by atoms with Gasteiger partial charge >= 0.3 is 0 Å². The lowest BCUT2D eigenvalue weighted by Gasteiger charge is -2.12. The summed E-state index contributed by atoms with van der Waals surface area (Å²) in [7, 11) is 0. The highest BCUT2D eigenvalue weighted by atomic mass is 79.9. The third-order valence-corrected chi connectivity index (χ3v) is 27.4. The normalized spacial score (nSPS) is 11.7. The van der Waals surface area contributed by atoms with Crippen LogP contribution in [-0.2, 0) is 0 Å². The van der Waals surface area contributed by atoms with Crippen LogP contribution in [0.25, 0.3) is 212 Å². The molecular weight excluding hydrogens is 1660 g/mol. The molecule has 18 aromatic carbocycles. The maximum atomic E-state index is 6.26. The van der Waals surface area contributed by atoms with Gasteiger partial charge in [-0.15, -0.1) is 22.7 Å². The van der Waals surface area contributed by atoms with E-state index < -0.39 is 0 Å². The summed E-state index contributed by atoms with van der Waals surface area (Å²) < 4.78 is 22.1. The quantitative estimate of drug-likeness (QED) is 0.142. The van der Waals surface area contributed by atoms with E-state index in [4.69, 9.17) is 4.42 Å². The molecule has 552 valence electrons. The number of rotatable bonds is 9. The molecule has 24 rings (SSSR count). The Morgan fingerprint density at radius 1 is 0.205 bits per heavy atom. The number of para-hydroxylation sites is 4. The standard InChI is InChI=1S/C36H22BrNO.2C36H22BrNS/c37-32-13-4-1-10-27(32)25-9-7-8-23(20-25)24-16-18-29-28-11-2-5-14-33(28)38(34(29)21-24)26-17-19-31-30-12-3-6-15-35(30)39-36(31)22-26;37-31-15-4-1-11-26(31)25-10-7-9-23(21-25)24-19-20-28-27-12-2-5-16-32(27)38(34(28)22-24)33-17-8-14-30-29-13-3-6-18-35(29)39-36(30)33;37-30-14-4-1-11-26(30)25-10-7-9-23(21-25)24-19-20-28-27-12-2-5-15-31(27)38(33(28)22-24)32-16-8-18-35-36(32)29-13-3-6-17-34(29)39-35/h3*1-22H. The molecule has 0 spiro atoms. The molecule has 0 unspecified atom stereocenters. The molecule has 0 aliphatic carbocycles. The molecule has 24 aromatic rings. The molecule has 0 N–H and O–H groups in total. The minimum absolute atomic E-state index is 0.900. The second kappa shape index (κ2) is 29.4. The molecule has 0 atom stereocenters. The van der Waals surface area contributed by atoms with Crippen molar-refractivity contribution >= 4 is 198 Å². The van der Waals surface area contributed by atoms with Crippen LogP contribution in [0.15, 0.2) is 418 Å². The average molecular weight is 1730 g/mol. The highest BCUT2D eigenvalue weighted by Gasteiger charge is 2.22. The van der Waals surface area contributed by atoms with Gasteiger partial charge in [-0.1, -0.05) is 321 Å². The molecule has 0 aliphatic rings. The maximum Gasteiger partial charge on any atom is 0.137 e. The van der Waals surface area contributed by atoms with E-state index in [1.807, 2.05) is 40.9 Å². The van der Waals surface area contributed by atoms with Crippen LogP contribution < -0.4 is 0 Å². The van der Waals surface area contributed by atoms with Crippen LogP contribution >= 0.6 is 70.5 Å². The van der Waals surface area contributed by atoms with Crippen molar-refractivity contribution in [3.05, 3.63) is 414 Å². The predicted octanol–water partition coefficient (Wildman–Crippen LogP) is 33.3. The lowest BCUT2D eigenvalue weighted by molar-refractivity contribution is 0.668. The molecule has 0 bridgehead atoms. The summed E-state index contributed by atoms with van der Waals surface area (Å²) in [6.45, 7) is 0. The summed E-state index contributed by atoms with van der Waals surface area (Å²) in [5.74, 6) is 0. The van der Waals surface area contributed by atoms with Crippen LogP contribution in [0.4, 0.5) is 0 Å². The Bertz CT molecular complexity index is 8100. The van der Waals surface area contributed by atoms with Crippen LogP contribution in [0.5, 0.6) is 0 Å². The highest BCUT2D eigenvalue weighted by Crippen LogP contribution is 2.47. The summed E-state index contributed by atoms with van der Waals surface area (Å²) >= 11 is 14.9. The Hall–Kier alpha value is -13.0. The number of hydrogen-bond acceptors (Lipinski definition) is 3. The van der Waals surface area contributed by atoms with Crippen molar-refractivity contribution in [2.75, 3.05) is 0 Å². The lowest BCUT2D eigenvalue weighted by Crippen LogP contribution is -1.94. The van der Waals surface area contributed by atoms with E-state index >= 15 is 0 Å². The molecule has 0 aliphatic heterocycles. The van der Waals surface area contributed by atoms with Gasteiger partial charge in [-0.25, -0.2) is 0 Å². The van der Waals surface area contributed by atoms with Gasteiger partial charge < -0.3 is 18.1 Å². The van der Waals surface area contributed by atoms with E-state index in [1.54, 1.807) is 0 Å². The lowest BCUT2D eigenvalue weighted by atomic mass is 9.98. The Labute approximate surface area is 707 Å². The molecular formula is C108H66Br3N3OS2. The van der Waals surface area contributed by atoms with Gasteiger partial charge in [0, 0.05) is 104 Å². The SMILES string of the molecule is Brc1ccccc1-c1cccc(-c2ccc3c4ccccc4n(-c4ccc5c(c4)oc4ccccc45)c3c2)c1.Brc1ccccc1-c1cccc(-c2ccc3c4ccccc4n(-c4cccc5c4sc4ccccc45)c3c2)c1.Brc1ccccc1-c1cccc(-c2ccc3c4ccccc4n(-c4cccc5sc6ccccc6c45)c3c2)c1. The van der Waals surface area contributed by atoms with Crippen molar-refractivity contribution in [1.29, 1.82) is 0 Å². The molecule has 6 heterocycles. The van der Waals surface area contributed by atoms with E-state index in [0.29, 0.717) is 0 Å². The first-order valence-corrected chi connectivity index (χ1v) is 43.2. The van der Waals surface area contributed by atoms with Gasteiger partial charge in [0.05, 0.1) is 49.2 Å². The summed E-state index contributed by atoms with van der Waals surface area (Å²) in [4.78, 5) is 0. The first kappa shape index (κ1) is 70.7. The fraction of sp³-hybridized carbons (Fsp3) is 0. The molecule has 0 fully saturated rings. The van der Waals surface area contributed by atoms with Crippen LogP contribution in [0.1, 0.15) is 0 Å². The van der Waals surface area contributed by atoms with Crippen molar-refractivity contribution in [3.8, 4) is 83.8 Å². The third-order valence-electron chi connectivity index (χ3n) is 23.0. The minimum Gasteiger partial charge on any atom is -0.456 e. The zero-order chi connectivity index (χ0) is 77.8. The second-order valence-electron chi connectivity index (χ2n) is 29.7. The van der Waals surface area contributed by atoms with E-state index in [-0.39, 0.29) is 0 Å². The van der Waals surface area contributed by atoms with Crippen molar-refractivity contribution < 1.29 is 4.42 Å². The zero-order valence-corrected chi connectivity index (χ0v) is 69.2. The Morgan fingerprint density at radius 2 is 0.556 bits per heavy atom. The van der Waals surface area contributed by atoms with Gasteiger partial charge in [0.1, 0.15) is 11.2 Å². The summed E-state index contributed by atoms with van der Waals surface area (Å²) in [6, 6.07) is 144. The maximum absolute atomic E-state index is 6.26. The number of nitrogens with zero attached hydrogens (tertiary/aromatic N) is 3. The van der Waals surface area contributed by atoms with E-state index in [0.717, 1.165) is 41.0 Å². The van der Waals surface area contributed by atoms with Crippen LogP contribution in [0, 0.1) is 0 Å². The van der Waals surface area contributed by atoms with E-state index in [9.17, 15) is 0 Å². The van der Waals surface area contributed by atoms with Crippen LogP contribution in [-0.4, -0.2) is 13.7 Å². The topological polar surface area (TPSA) is 27.9 Å². The largest absolute Gasteiger partial charge is 0.456 e. The molecule has 6 aromatic heterocycles. The molecule has 117 heavy (non-hydrogen) atoms. The van der Waals surface area contributed by atoms with Crippen molar-refractivity contribution in [2.45, 2.75) is 0 Å². The monoisotopic (exact) mass is 1720 g/mol. The number of fused-ring (bicyclic) bond motifs is 18. The number of thiophene rings is 2. The average Bonchev–Trinajstić information content (AvgIpc) is 1.58. The van der Waals surface area contributed by atoms with Crippen molar-refractivity contribution in [3.63, 3.8) is 0 Å². The van der Waals surface area contributed by atoms with E-state index in [1.165, 1.54) is 184 Å². The molecule has 0 radical (unpaired) electrons. The minimum atomic E-state index is 0.900. The first-order chi connectivity index (χ1) is 57.8. The van der Waals surface area contributed by atoms with E-state index in [2.05, 4.69) is 444 Å². The van der Waals surface area contributed by atoms with Crippen molar-refractivity contribution in [2.24, 2.45) is 0 Å². The molecule has 9 heteroatoms. The molecule has 0 saturated carbocycles. The molecule has 4 nitrogen and oxygen atoms in total. The highest BCUT2D eigenvalue weighted by molar-refractivity contribution is 9.11. The Morgan fingerprint density at radius 3 is 1.09 bits per heavy atom.